The molecule has 0 radical (unpaired) electrons. The maximum absolute atomic E-state index is 4.79. The molecule has 24 heavy (non-hydrogen) atoms. The highest BCUT2D eigenvalue weighted by Crippen LogP contribution is 2.24. The lowest BCUT2D eigenvalue weighted by Gasteiger charge is -2.33. The van der Waals surface area contributed by atoms with Gasteiger partial charge in [0.1, 0.15) is 17.5 Å². The lowest BCUT2D eigenvalue weighted by Crippen LogP contribution is -2.38. The average molecular weight is 322 g/mol. The van der Waals surface area contributed by atoms with Gasteiger partial charge >= 0.3 is 0 Å². The molecule has 1 aliphatic rings. The zero-order valence-corrected chi connectivity index (χ0v) is 14.2. The van der Waals surface area contributed by atoms with Gasteiger partial charge in [0, 0.05) is 19.6 Å². The van der Waals surface area contributed by atoms with Crippen LogP contribution in [0.2, 0.25) is 0 Å². The van der Waals surface area contributed by atoms with Crippen molar-refractivity contribution in [1.82, 2.24) is 24.7 Å². The SMILES string of the molecule is Cc1nc(C)n(CC2CCCN(c3cnc4ccccc4n3)C2)n1. The summed E-state index contributed by atoms with van der Waals surface area (Å²) in [4.78, 5) is 16.1. The third-order valence-corrected chi connectivity index (χ3v) is 4.67. The molecule has 1 aliphatic heterocycles. The molecular formula is C18H22N6. The third-order valence-electron chi connectivity index (χ3n) is 4.67. The highest BCUT2D eigenvalue weighted by molar-refractivity contribution is 5.75. The van der Waals surface area contributed by atoms with Gasteiger partial charge in [0.25, 0.3) is 0 Å². The van der Waals surface area contributed by atoms with E-state index >= 15 is 0 Å². The Morgan fingerprint density at radius 2 is 1.96 bits per heavy atom. The zero-order valence-electron chi connectivity index (χ0n) is 14.2. The van der Waals surface area contributed by atoms with Gasteiger partial charge in [-0.15, -0.1) is 0 Å². The molecule has 1 unspecified atom stereocenters. The minimum absolute atomic E-state index is 0.562. The maximum Gasteiger partial charge on any atom is 0.147 e. The number of para-hydroxylation sites is 2. The highest BCUT2D eigenvalue weighted by atomic mass is 15.3. The number of anilines is 1. The molecule has 0 N–H and O–H groups in total. The number of piperidine rings is 1. The van der Waals surface area contributed by atoms with Crippen molar-refractivity contribution in [2.24, 2.45) is 5.92 Å². The van der Waals surface area contributed by atoms with Crippen molar-refractivity contribution in [2.75, 3.05) is 18.0 Å². The smallest absolute Gasteiger partial charge is 0.147 e. The van der Waals surface area contributed by atoms with Gasteiger partial charge in [-0.1, -0.05) is 12.1 Å². The highest BCUT2D eigenvalue weighted by Gasteiger charge is 2.22. The number of rotatable bonds is 3. The Labute approximate surface area is 141 Å². The van der Waals surface area contributed by atoms with Crippen LogP contribution in [0.15, 0.2) is 30.5 Å². The molecular weight excluding hydrogens is 300 g/mol. The summed E-state index contributed by atoms with van der Waals surface area (Å²) < 4.78 is 2.04. The van der Waals surface area contributed by atoms with Crippen LogP contribution in [-0.2, 0) is 6.54 Å². The number of aromatic nitrogens is 5. The summed E-state index contributed by atoms with van der Waals surface area (Å²) >= 11 is 0. The zero-order chi connectivity index (χ0) is 16.5. The topological polar surface area (TPSA) is 59.7 Å². The third kappa shape index (κ3) is 2.96. The fraction of sp³-hybridized carbons (Fsp3) is 0.444. The summed E-state index contributed by atoms with van der Waals surface area (Å²) in [6, 6.07) is 8.03. The molecule has 1 aromatic carbocycles. The summed E-state index contributed by atoms with van der Waals surface area (Å²) in [7, 11) is 0. The van der Waals surface area contributed by atoms with E-state index in [0.717, 1.165) is 48.1 Å². The molecule has 1 atom stereocenters. The van der Waals surface area contributed by atoms with Crippen LogP contribution >= 0.6 is 0 Å². The van der Waals surface area contributed by atoms with Crippen LogP contribution in [-0.4, -0.2) is 37.8 Å². The van der Waals surface area contributed by atoms with Gasteiger partial charge in [-0.2, -0.15) is 5.10 Å². The lowest BCUT2D eigenvalue weighted by atomic mass is 9.98. The predicted molar refractivity (Wildman–Crippen MR) is 94.0 cm³/mol. The van der Waals surface area contributed by atoms with Crippen molar-refractivity contribution in [3.8, 4) is 0 Å². The first-order chi connectivity index (χ1) is 11.7. The van der Waals surface area contributed by atoms with Crippen molar-refractivity contribution in [1.29, 1.82) is 0 Å². The Bertz CT molecular complexity index is 856. The molecule has 1 fully saturated rings. The minimum atomic E-state index is 0.562. The molecule has 4 rings (SSSR count). The van der Waals surface area contributed by atoms with Crippen molar-refractivity contribution < 1.29 is 0 Å². The van der Waals surface area contributed by atoms with E-state index < -0.39 is 0 Å². The Balaban J connectivity index is 1.52. The molecule has 124 valence electrons. The molecule has 0 spiro atoms. The van der Waals surface area contributed by atoms with Gasteiger partial charge in [0.05, 0.1) is 17.2 Å². The number of nitrogens with zero attached hydrogens (tertiary/aromatic N) is 6. The van der Waals surface area contributed by atoms with Crippen LogP contribution in [0.5, 0.6) is 0 Å². The molecule has 1 saturated heterocycles. The number of benzene rings is 1. The Morgan fingerprint density at radius 1 is 1.12 bits per heavy atom. The summed E-state index contributed by atoms with van der Waals surface area (Å²) in [6.07, 6.45) is 4.29. The van der Waals surface area contributed by atoms with Gasteiger partial charge in [0.2, 0.25) is 0 Å². The summed E-state index contributed by atoms with van der Waals surface area (Å²) in [6.45, 7) is 6.92. The molecule has 6 nitrogen and oxygen atoms in total. The maximum atomic E-state index is 4.79. The number of fused-ring (bicyclic) bond motifs is 1. The Morgan fingerprint density at radius 3 is 2.75 bits per heavy atom. The fourth-order valence-electron chi connectivity index (χ4n) is 3.50. The van der Waals surface area contributed by atoms with Crippen molar-refractivity contribution in [2.45, 2.75) is 33.2 Å². The second kappa shape index (κ2) is 6.19. The van der Waals surface area contributed by atoms with Crippen LogP contribution < -0.4 is 4.90 Å². The molecule has 2 aromatic heterocycles. The quantitative estimate of drug-likeness (QED) is 0.742. The van der Waals surface area contributed by atoms with E-state index in [4.69, 9.17) is 4.98 Å². The fourth-order valence-corrected chi connectivity index (χ4v) is 3.50. The van der Waals surface area contributed by atoms with E-state index in [1.807, 2.05) is 49.0 Å². The van der Waals surface area contributed by atoms with Gasteiger partial charge in [-0.25, -0.2) is 14.6 Å². The van der Waals surface area contributed by atoms with Gasteiger partial charge in [0.15, 0.2) is 0 Å². The first-order valence-corrected chi connectivity index (χ1v) is 8.54. The monoisotopic (exact) mass is 322 g/mol. The van der Waals surface area contributed by atoms with Crippen molar-refractivity contribution in [3.63, 3.8) is 0 Å². The summed E-state index contributed by atoms with van der Waals surface area (Å²) in [5.41, 5.74) is 1.91. The van der Waals surface area contributed by atoms with Crippen molar-refractivity contribution in [3.05, 3.63) is 42.1 Å². The Hall–Kier alpha value is -2.50. The van der Waals surface area contributed by atoms with Crippen molar-refractivity contribution >= 4 is 16.9 Å². The predicted octanol–water partition coefficient (Wildman–Crippen LogP) is 2.75. The first-order valence-electron chi connectivity index (χ1n) is 8.54. The standard InChI is InChI=1S/C18H22N6/c1-13-20-14(2)24(22-13)12-15-6-5-9-23(11-15)18-10-19-16-7-3-4-8-17(16)21-18/h3-4,7-8,10,15H,5-6,9,11-12H2,1-2H3. The van der Waals surface area contributed by atoms with Crippen LogP contribution in [0.3, 0.4) is 0 Å². The van der Waals surface area contributed by atoms with Gasteiger partial charge < -0.3 is 4.90 Å². The lowest BCUT2D eigenvalue weighted by molar-refractivity contribution is 0.346. The van der Waals surface area contributed by atoms with Crippen LogP contribution in [0.1, 0.15) is 24.5 Å². The van der Waals surface area contributed by atoms with E-state index in [9.17, 15) is 0 Å². The molecule has 0 aliphatic carbocycles. The molecule has 3 aromatic rings. The second-order valence-electron chi connectivity index (χ2n) is 6.56. The molecule has 3 heterocycles. The van der Waals surface area contributed by atoms with E-state index in [1.54, 1.807) is 0 Å². The Kier molecular flexibility index (Phi) is 3.88. The summed E-state index contributed by atoms with van der Waals surface area (Å²) in [5.74, 6) is 3.38. The van der Waals surface area contributed by atoms with E-state index in [-0.39, 0.29) is 0 Å². The largest absolute Gasteiger partial charge is 0.355 e. The molecule has 0 bridgehead atoms. The van der Waals surface area contributed by atoms with Gasteiger partial charge in [-0.05, 0) is 44.7 Å². The number of hydrogen-bond acceptors (Lipinski definition) is 5. The first kappa shape index (κ1) is 15.1. The van der Waals surface area contributed by atoms with Crippen LogP contribution in [0, 0.1) is 19.8 Å². The molecule has 0 saturated carbocycles. The molecule has 0 amide bonds. The van der Waals surface area contributed by atoms with E-state index in [1.165, 1.54) is 12.8 Å². The van der Waals surface area contributed by atoms with Crippen LogP contribution in [0.25, 0.3) is 11.0 Å². The normalized spacial score (nSPS) is 18.2. The minimum Gasteiger partial charge on any atom is -0.355 e. The van der Waals surface area contributed by atoms with Gasteiger partial charge in [-0.3, -0.25) is 4.98 Å². The number of hydrogen-bond donors (Lipinski definition) is 0. The van der Waals surface area contributed by atoms with Crippen LogP contribution in [0.4, 0.5) is 5.82 Å². The van der Waals surface area contributed by atoms with E-state index in [2.05, 4.69) is 20.0 Å². The van der Waals surface area contributed by atoms with E-state index in [0.29, 0.717) is 5.92 Å². The average Bonchev–Trinajstić information content (AvgIpc) is 2.92. The number of aryl methyl sites for hydroxylation is 2. The second-order valence-corrected chi connectivity index (χ2v) is 6.56. The summed E-state index contributed by atoms with van der Waals surface area (Å²) in [5, 5.41) is 4.50. The molecule has 6 heteroatoms.